The van der Waals surface area contributed by atoms with Crippen LogP contribution in [0.1, 0.15) is 36.6 Å². The molecule has 2 heterocycles. The van der Waals surface area contributed by atoms with Crippen LogP contribution in [-0.2, 0) is 11.3 Å². The summed E-state index contributed by atoms with van der Waals surface area (Å²) in [6.45, 7) is 6.68. The second-order valence-electron chi connectivity index (χ2n) is 6.58. The van der Waals surface area contributed by atoms with E-state index in [1.54, 1.807) is 12.3 Å². The summed E-state index contributed by atoms with van der Waals surface area (Å²) in [6, 6.07) is 9.54. The Morgan fingerprint density at radius 3 is 2.81 bits per heavy atom. The van der Waals surface area contributed by atoms with Gasteiger partial charge in [-0.25, -0.2) is 4.98 Å². The molecule has 0 radical (unpaired) electrons. The summed E-state index contributed by atoms with van der Waals surface area (Å²) < 4.78 is 7.42. The quantitative estimate of drug-likeness (QED) is 0.709. The molecular weight excluding hydrogens is 350 g/mol. The lowest BCUT2D eigenvalue weighted by Crippen LogP contribution is -2.28. The molecule has 0 unspecified atom stereocenters. The minimum atomic E-state index is -0.189. The average Bonchev–Trinajstić information content (AvgIpc) is 2.99. The van der Waals surface area contributed by atoms with Crippen LogP contribution in [0.3, 0.4) is 0 Å². The van der Waals surface area contributed by atoms with Crippen molar-refractivity contribution < 1.29 is 9.53 Å². The molecule has 1 aromatic carbocycles. The predicted molar refractivity (Wildman–Crippen MR) is 103 cm³/mol. The summed E-state index contributed by atoms with van der Waals surface area (Å²) >= 11 is 5.96. The highest BCUT2D eigenvalue weighted by molar-refractivity contribution is 6.30. The molecule has 0 saturated carbocycles. The van der Waals surface area contributed by atoms with Crippen molar-refractivity contribution in [2.45, 2.75) is 33.2 Å². The zero-order valence-corrected chi connectivity index (χ0v) is 15.9. The lowest BCUT2D eigenvalue weighted by Gasteiger charge is -2.12. The first kappa shape index (κ1) is 18.3. The van der Waals surface area contributed by atoms with E-state index in [0.29, 0.717) is 23.2 Å². The van der Waals surface area contributed by atoms with Gasteiger partial charge in [0.15, 0.2) is 6.61 Å². The van der Waals surface area contributed by atoms with Crippen molar-refractivity contribution in [3.8, 4) is 5.75 Å². The fourth-order valence-electron chi connectivity index (χ4n) is 2.88. The van der Waals surface area contributed by atoms with Crippen molar-refractivity contribution in [1.29, 1.82) is 0 Å². The number of nitrogens with one attached hydrogen (secondary N) is 1. The van der Waals surface area contributed by atoms with Crippen LogP contribution in [0.5, 0.6) is 5.75 Å². The van der Waals surface area contributed by atoms with Crippen molar-refractivity contribution in [2.24, 2.45) is 0 Å². The van der Waals surface area contributed by atoms with Gasteiger partial charge in [0.05, 0.1) is 17.3 Å². The monoisotopic (exact) mass is 371 g/mol. The maximum absolute atomic E-state index is 12.0. The van der Waals surface area contributed by atoms with Crippen molar-refractivity contribution >= 4 is 23.2 Å². The van der Waals surface area contributed by atoms with Gasteiger partial charge in [0, 0.05) is 12.4 Å². The van der Waals surface area contributed by atoms with Gasteiger partial charge in [-0.1, -0.05) is 31.5 Å². The normalized spacial score (nSPS) is 11.1. The maximum Gasteiger partial charge on any atom is 0.258 e. The number of ether oxygens (including phenoxy) is 1. The lowest BCUT2D eigenvalue weighted by atomic mass is 9.98. The second kappa shape index (κ2) is 7.79. The van der Waals surface area contributed by atoms with Gasteiger partial charge in [-0.05, 0) is 48.2 Å². The van der Waals surface area contributed by atoms with Gasteiger partial charge < -0.3 is 14.5 Å². The predicted octanol–water partition coefficient (Wildman–Crippen LogP) is 4.11. The first-order valence-corrected chi connectivity index (χ1v) is 8.93. The number of carbonyl (C=O) groups is 1. The molecule has 2 aromatic heterocycles. The van der Waals surface area contributed by atoms with Crippen LogP contribution in [0.25, 0.3) is 5.65 Å². The number of amides is 1. The van der Waals surface area contributed by atoms with Crippen LogP contribution in [0.2, 0.25) is 5.02 Å². The molecule has 0 spiro atoms. The molecule has 136 valence electrons. The first-order valence-electron chi connectivity index (χ1n) is 8.55. The number of hydrogen-bond donors (Lipinski definition) is 1. The van der Waals surface area contributed by atoms with Gasteiger partial charge >= 0.3 is 0 Å². The smallest absolute Gasteiger partial charge is 0.258 e. The number of rotatable bonds is 6. The molecule has 0 atom stereocenters. The molecule has 1 N–H and O–H groups in total. The number of halogens is 1. The Hall–Kier alpha value is -2.53. The number of pyridine rings is 1. The second-order valence-corrected chi connectivity index (χ2v) is 7.02. The van der Waals surface area contributed by atoms with E-state index in [1.807, 2.05) is 28.8 Å². The highest BCUT2D eigenvalue weighted by atomic mass is 35.5. The Bertz CT molecular complexity index is 934. The third-order valence-corrected chi connectivity index (χ3v) is 4.39. The highest BCUT2D eigenvalue weighted by Gasteiger charge is 2.08. The Balaban J connectivity index is 1.53. The molecule has 0 aliphatic rings. The number of nitrogens with zero attached hydrogens (tertiary/aromatic N) is 2. The van der Waals surface area contributed by atoms with E-state index >= 15 is 0 Å². The van der Waals surface area contributed by atoms with E-state index in [1.165, 1.54) is 11.1 Å². The molecule has 0 fully saturated rings. The summed E-state index contributed by atoms with van der Waals surface area (Å²) in [5.74, 6) is 0.975. The van der Waals surface area contributed by atoms with Gasteiger partial charge in [0.25, 0.3) is 5.91 Å². The van der Waals surface area contributed by atoms with Crippen LogP contribution in [0.4, 0.5) is 0 Å². The highest BCUT2D eigenvalue weighted by Crippen LogP contribution is 2.23. The largest absolute Gasteiger partial charge is 0.484 e. The number of aryl methyl sites for hydroxylation is 1. The number of imidazole rings is 1. The summed E-state index contributed by atoms with van der Waals surface area (Å²) in [5.41, 5.74) is 4.00. The van der Waals surface area contributed by atoms with Crippen molar-refractivity contribution in [3.05, 3.63) is 64.6 Å². The van der Waals surface area contributed by atoms with E-state index in [4.69, 9.17) is 16.3 Å². The van der Waals surface area contributed by atoms with Gasteiger partial charge in [-0.2, -0.15) is 0 Å². The molecule has 0 bridgehead atoms. The number of hydrogen-bond acceptors (Lipinski definition) is 3. The third-order valence-electron chi connectivity index (χ3n) is 4.16. The number of fused-ring (bicyclic) bond motifs is 1. The number of carbonyl (C=O) groups excluding carboxylic acids is 1. The van der Waals surface area contributed by atoms with Crippen LogP contribution in [-0.4, -0.2) is 21.9 Å². The molecule has 6 heteroatoms. The zero-order valence-electron chi connectivity index (χ0n) is 15.1. The Morgan fingerprint density at radius 2 is 2.08 bits per heavy atom. The third kappa shape index (κ3) is 4.35. The average molecular weight is 372 g/mol. The van der Waals surface area contributed by atoms with Crippen LogP contribution in [0, 0.1) is 6.92 Å². The summed E-state index contributed by atoms with van der Waals surface area (Å²) in [5, 5.41) is 3.45. The summed E-state index contributed by atoms with van der Waals surface area (Å²) in [4.78, 5) is 16.5. The van der Waals surface area contributed by atoms with Crippen LogP contribution >= 0.6 is 11.6 Å². The topological polar surface area (TPSA) is 55.6 Å². The molecule has 1 amide bonds. The van der Waals surface area contributed by atoms with E-state index in [2.05, 4.69) is 37.1 Å². The molecular formula is C20H22ClN3O2. The van der Waals surface area contributed by atoms with Crippen LogP contribution in [0.15, 0.2) is 42.7 Å². The zero-order chi connectivity index (χ0) is 18.7. The van der Waals surface area contributed by atoms with Gasteiger partial charge in [0.2, 0.25) is 0 Å². The molecule has 26 heavy (non-hydrogen) atoms. The first-order chi connectivity index (χ1) is 12.4. The minimum absolute atomic E-state index is 0.0281. The van der Waals surface area contributed by atoms with Crippen molar-refractivity contribution in [3.63, 3.8) is 0 Å². The Labute approximate surface area is 158 Å². The molecule has 3 aromatic rings. The Morgan fingerprint density at radius 1 is 1.27 bits per heavy atom. The van der Waals surface area contributed by atoms with E-state index in [-0.39, 0.29) is 12.5 Å². The van der Waals surface area contributed by atoms with Gasteiger partial charge in [-0.15, -0.1) is 0 Å². The van der Waals surface area contributed by atoms with Gasteiger partial charge in [0.1, 0.15) is 11.4 Å². The molecule has 3 rings (SSSR count). The lowest BCUT2D eigenvalue weighted by molar-refractivity contribution is -0.123. The van der Waals surface area contributed by atoms with E-state index < -0.39 is 0 Å². The maximum atomic E-state index is 12.0. The summed E-state index contributed by atoms with van der Waals surface area (Å²) in [7, 11) is 0. The minimum Gasteiger partial charge on any atom is -0.484 e. The fourth-order valence-corrected chi connectivity index (χ4v) is 3.05. The van der Waals surface area contributed by atoms with Crippen molar-refractivity contribution in [2.75, 3.05) is 6.61 Å². The van der Waals surface area contributed by atoms with E-state index in [0.717, 1.165) is 11.3 Å². The molecule has 0 aliphatic heterocycles. The summed E-state index contributed by atoms with van der Waals surface area (Å²) in [6.07, 6.45) is 3.62. The standard InChI is InChI=1S/C20H22ClN3O2/c1-13(2)18-6-5-17(8-14(18)3)26-12-20(25)22-9-16-11-24-10-15(21)4-7-19(24)23-16/h4-8,10-11,13H,9,12H2,1-3H3,(H,22,25). The molecule has 5 nitrogen and oxygen atoms in total. The Kier molecular flexibility index (Phi) is 5.47. The number of benzene rings is 1. The fraction of sp³-hybridized carbons (Fsp3) is 0.300. The van der Waals surface area contributed by atoms with Gasteiger partial charge in [-0.3, -0.25) is 4.79 Å². The van der Waals surface area contributed by atoms with E-state index in [9.17, 15) is 4.79 Å². The molecule has 0 aliphatic carbocycles. The van der Waals surface area contributed by atoms with Crippen LogP contribution < -0.4 is 10.1 Å². The SMILES string of the molecule is Cc1cc(OCC(=O)NCc2cn3cc(Cl)ccc3n2)ccc1C(C)C. The number of aromatic nitrogens is 2. The van der Waals surface area contributed by atoms with Crippen molar-refractivity contribution in [1.82, 2.24) is 14.7 Å². The molecule has 0 saturated heterocycles.